The molecule has 42 heavy (non-hydrogen) atoms. The van der Waals surface area contributed by atoms with Crippen molar-refractivity contribution in [1.29, 1.82) is 0 Å². The number of halogens is 5. The van der Waals surface area contributed by atoms with Crippen molar-refractivity contribution < 1.29 is 49.5 Å². The second kappa shape index (κ2) is 10.4. The smallest absolute Gasteiger partial charge is 0.344 e. The van der Waals surface area contributed by atoms with Crippen molar-refractivity contribution in [2.45, 2.75) is 106 Å². The summed E-state index contributed by atoms with van der Waals surface area (Å²) in [4.78, 5) is 53.9. The van der Waals surface area contributed by atoms with E-state index in [1.807, 2.05) is 4.72 Å². The maximum atomic E-state index is 14.8. The van der Waals surface area contributed by atoms with Crippen LogP contribution in [0.15, 0.2) is 12.2 Å². The molecule has 16 heteroatoms. The van der Waals surface area contributed by atoms with Gasteiger partial charge in [0.15, 0.2) is 0 Å². The lowest BCUT2D eigenvalue weighted by Gasteiger charge is -2.31. The molecule has 1 saturated heterocycles. The molecule has 0 radical (unpaired) electrons. The van der Waals surface area contributed by atoms with Gasteiger partial charge >= 0.3 is 6.18 Å². The van der Waals surface area contributed by atoms with Gasteiger partial charge in [0.05, 0.1) is 5.25 Å². The quantitative estimate of drug-likeness (QED) is 0.316. The van der Waals surface area contributed by atoms with Crippen LogP contribution in [0.2, 0.25) is 0 Å². The van der Waals surface area contributed by atoms with Gasteiger partial charge in [-0.25, -0.2) is 17.2 Å². The summed E-state index contributed by atoms with van der Waals surface area (Å²) in [5, 5.41) is 3.94. The van der Waals surface area contributed by atoms with Gasteiger partial charge in [0, 0.05) is 25.3 Å². The van der Waals surface area contributed by atoms with Crippen LogP contribution in [-0.4, -0.2) is 78.5 Å². The molecule has 5 rings (SSSR count). The van der Waals surface area contributed by atoms with Crippen molar-refractivity contribution in [1.82, 2.24) is 20.3 Å². The third-order valence-corrected chi connectivity index (χ3v) is 10.8. The number of sulfonamides is 1. The summed E-state index contributed by atoms with van der Waals surface area (Å²) >= 11 is 0. The molecule has 3 saturated carbocycles. The van der Waals surface area contributed by atoms with E-state index in [9.17, 15) is 49.5 Å². The summed E-state index contributed by atoms with van der Waals surface area (Å²) in [7, 11) is -3.97. The van der Waals surface area contributed by atoms with Crippen LogP contribution in [0.1, 0.15) is 70.6 Å². The van der Waals surface area contributed by atoms with Crippen LogP contribution in [0.5, 0.6) is 0 Å². The number of carbonyl (C=O) groups excluding carboxylic acids is 4. The minimum atomic E-state index is -4.88. The summed E-state index contributed by atoms with van der Waals surface area (Å²) < 4.78 is 97.2. The Hall–Kier alpha value is -2.78. The number of fused-ring (bicyclic) bond motifs is 2. The minimum Gasteiger partial charge on any atom is -0.344 e. The zero-order valence-corrected chi connectivity index (χ0v) is 23.5. The SMILES string of the molecule is O=C1N[C@]2(C(=O)NS(=O)(=O)C3CC3)C[C@H]2/C=C\CCC(F)(F)CC[C@H](NC(=O)C2(C(F)(F)F)CC2)C(=O)N2CCC[C@@H]12. The van der Waals surface area contributed by atoms with E-state index in [0.29, 0.717) is 19.3 Å². The molecule has 0 aromatic rings. The van der Waals surface area contributed by atoms with Gasteiger partial charge in [0.1, 0.15) is 23.0 Å². The van der Waals surface area contributed by atoms with Gasteiger partial charge in [0.2, 0.25) is 33.7 Å². The topological polar surface area (TPSA) is 142 Å². The number of hydrogen-bond donors (Lipinski definition) is 3. The van der Waals surface area contributed by atoms with Gasteiger partial charge in [-0.1, -0.05) is 12.2 Å². The molecule has 0 bridgehead atoms. The van der Waals surface area contributed by atoms with E-state index in [1.165, 1.54) is 12.2 Å². The molecule has 4 amide bonds. The number of allylic oxidation sites excluding steroid dienone is 1. The molecule has 2 aliphatic heterocycles. The standard InChI is InChI=1S/C26H33F5N4O6S/c27-24(28)9-2-1-4-15-14-25(15,22(39)34-42(40,41)16-6-7-16)33-19(36)18-5-3-13-35(18)20(37)17(8-10-24)32-21(38)23(11-12-23)26(29,30)31/h1,4,15-18H,2-3,5-14H2,(H,32,38)(H,33,36)(H,34,39)/b4-1-/t15-,17+,18+,25-/m1/s1. The van der Waals surface area contributed by atoms with Crippen LogP contribution in [-0.2, 0) is 29.2 Å². The van der Waals surface area contributed by atoms with E-state index < -0.39 is 112 Å². The second-order valence-electron chi connectivity index (χ2n) is 12.1. The van der Waals surface area contributed by atoms with E-state index in [0.717, 1.165) is 4.90 Å². The van der Waals surface area contributed by atoms with Gasteiger partial charge < -0.3 is 15.5 Å². The zero-order chi connectivity index (χ0) is 30.7. The highest BCUT2D eigenvalue weighted by molar-refractivity contribution is 7.91. The normalized spacial score (nSPS) is 33.6. The maximum absolute atomic E-state index is 14.8. The number of nitrogens with one attached hydrogen (secondary N) is 3. The lowest BCUT2D eigenvalue weighted by Crippen LogP contribution is -2.59. The summed E-state index contributed by atoms with van der Waals surface area (Å²) in [5.74, 6) is -8.19. The number of nitrogens with zero attached hydrogens (tertiary/aromatic N) is 1. The molecule has 2 heterocycles. The fourth-order valence-corrected chi connectivity index (χ4v) is 7.19. The molecule has 234 valence electrons. The predicted octanol–water partition coefficient (Wildman–Crippen LogP) is 2.05. The van der Waals surface area contributed by atoms with Crippen LogP contribution in [0.3, 0.4) is 0 Å². The summed E-state index contributed by atoms with van der Waals surface area (Å²) in [6, 6.07) is -2.93. The van der Waals surface area contributed by atoms with E-state index in [1.54, 1.807) is 0 Å². The number of rotatable bonds is 5. The molecule has 0 unspecified atom stereocenters. The Kier molecular flexibility index (Phi) is 7.62. The average Bonchev–Trinajstić information content (AvgIpc) is 3.78. The highest BCUT2D eigenvalue weighted by Gasteiger charge is 2.69. The fourth-order valence-electron chi connectivity index (χ4n) is 5.82. The van der Waals surface area contributed by atoms with E-state index in [2.05, 4.69) is 10.6 Å². The van der Waals surface area contributed by atoms with E-state index in [4.69, 9.17) is 0 Å². The van der Waals surface area contributed by atoms with Gasteiger partial charge in [-0.2, -0.15) is 13.2 Å². The highest BCUT2D eigenvalue weighted by atomic mass is 32.2. The Morgan fingerprint density at radius 1 is 1.00 bits per heavy atom. The van der Waals surface area contributed by atoms with Crippen molar-refractivity contribution in [3.8, 4) is 0 Å². The first-order valence-corrected chi connectivity index (χ1v) is 15.7. The second-order valence-corrected chi connectivity index (χ2v) is 14.1. The summed E-state index contributed by atoms with van der Waals surface area (Å²) in [6.07, 6.45) is -4.14. The van der Waals surface area contributed by atoms with Gasteiger partial charge in [-0.3, -0.25) is 23.9 Å². The van der Waals surface area contributed by atoms with Gasteiger partial charge in [-0.05, 0) is 57.8 Å². The average molecular weight is 625 g/mol. The van der Waals surface area contributed by atoms with Gasteiger partial charge in [0.25, 0.3) is 5.91 Å². The molecule has 0 aromatic carbocycles. The first kappa shape index (κ1) is 30.7. The molecule has 3 aliphatic carbocycles. The first-order valence-electron chi connectivity index (χ1n) is 14.1. The number of alkyl halides is 5. The number of hydrogen-bond acceptors (Lipinski definition) is 6. The third kappa shape index (κ3) is 5.87. The summed E-state index contributed by atoms with van der Waals surface area (Å²) in [6.45, 7) is -0.0251. The van der Waals surface area contributed by atoms with Crippen LogP contribution in [0.4, 0.5) is 22.0 Å². The van der Waals surface area contributed by atoms with Crippen molar-refractivity contribution in [3.63, 3.8) is 0 Å². The number of carbonyl (C=O) groups is 4. The zero-order valence-electron chi connectivity index (χ0n) is 22.6. The Morgan fingerprint density at radius 2 is 1.69 bits per heavy atom. The third-order valence-electron chi connectivity index (χ3n) is 8.98. The van der Waals surface area contributed by atoms with Gasteiger partial charge in [-0.15, -0.1) is 0 Å². The first-order chi connectivity index (χ1) is 19.5. The molecule has 4 atom stereocenters. The van der Waals surface area contributed by atoms with E-state index in [-0.39, 0.29) is 25.8 Å². The molecule has 4 fully saturated rings. The Bertz CT molecular complexity index is 1300. The lowest BCUT2D eigenvalue weighted by atomic mass is 10.00. The summed E-state index contributed by atoms with van der Waals surface area (Å²) in [5.41, 5.74) is -4.35. The monoisotopic (exact) mass is 624 g/mol. The molecule has 10 nitrogen and oxygen atoms in total. The molecule has 0 aromatic heterocycles. The lowest BCUT2D eigenvalue weighted by molar-refractivity contribution is -0.193. The van der Waals surface area contributed by atoms with E-state index >= 15 is 0 Å². The molecule has 5 aliphatic rings. The maximum Gasteiger partial charge on any atom is 0.403 e. The van der Waals surface area contributed by atoms with Crippen molar-refractivity contribution in [3.05, 3.63) is 12.2 Å². The van der Waals surface area contributed by atoms with Crippen molar-refractivity contribution in [2.75, 3.05) is 6.54 Å². The van der Waals surface area contributed by atoms with Crippen LogP contribution in [0, 0.1) is 11.3 Å². The van der Waals surface area contributed by atoms with Crippen molar-refractivity contribution >= 4 is 33.7 Å². The Balaban J connectivity index is 1.40. The van der Waals surface area contributed by atoms with Crippen LogP contribution < -0.4 is 15.4 Å². The van der Waals surface area contributed by atoms with Crippen molar-refractivity contribution in [2.24, 2.45) is 11.3 Å². The largest absolute Gasteiger partial charge is 0.403 e. The Labute approximate surface area is 239 Å². The minimum absolute atomic E-state index is 0.0104. The number of amides is 4. The predicted molar refractivity (Wildman–Crippen MR) is 136 cm³/mol. The Morgan fingerprint density at radius 3 is 2.31 bits per heavy atom. The molecular weight excluding hydrogens is 591 g/mol. The molecule has 0 spiro atoms. The molecular formula is C26H33F5N4O6S. The van der Waals surface area contributed by atoms with Crippen LogP contribution in [0.25, 0.3) is 0 Å². The highest BCUT2D eigenvalue weighted by Crippen LogP contribution is 2.57. The van der Waals surface area contributed by atoms with Crippen LogP contribution >= 0.6 is 0 Å². The fraction of sp³-hybridized carbons (Fsp3) is 0.769. The molecule has 3 N–H and O–H groups in total.